The van der Waals surface area contributed by atoms with E-state index in [2.05, 4.69) is 38.8 Å². The molecule has 0 radical (unpaired) electrons. The summed E-state index contributed by atoms with van der Waals surface area (Å²) in [6, 6.07) is 10.1. The fourth-order valence-electron chi connectivity index (χ4n) is 1.63. The third-order valence-electron chi connectivity index (χ3n) is 2.45. The van der Waals surface area contributed by atoms with E-state index in [1.54, 1.807) is 11.3 Å². The van der Waals surface area contributed by atoms with Gasteiger partial charge >= 0.3 is 0 Å². The van der Waals surface area contributed by atoms with Crippen LogP contribution in [0.25, 0.3) is 0 Å². The van der Waals surface area contributed by atoms with Crippen molar-refractivity contribution < 1.29 is 5.11 Å². The molecule has 4 heteroatoms. The molecule has 0 bridgehead atoms. The van der Waals surface area contributed by atoms with Crippen LogP contribution in [0, 0.1) is 0 Å². The summed E-state index contributed by atoms with van der Waals surface area (Å²) in [5.41, 5.74) is 3.45. The molecular weight excluding hydrogens is 298 g/mol. The van der Waals surface area contributed by atoms with E-state index in [-0.39, 0.29) is 6.61 Å². The summed E-state index contributed by atoms with van der Waals surface area (Å²) in [7, 11) is 0. The van der Waals surface area contributed by atoms with Crippen LogP contribution < -0.4 is 5.32 Å². The first-order chi connectivity index (χ1) is 8.28. The second-order valence-electron chi connectivity index (χ2n) is 3.84. The number of thiophene rings is 1. The van der Waals surface area contributed by atoms with Crippen molar-refractivity contribution >= 4 is 27.3 Å². The van der Waals surface area contributed by atoms with Crippen LogP contribution >= 0.6 is 27.3 Å². The van der Waals surface area contributed by atoms with Crippen molar-refractivity contribution in [1.82, 2.24) is 5.32 Å². The van der Waals surface area contributed by atoms with Crippen LogP contribution in [0.5, 0.6) is 0 Å². The Balaban J connectivity index is 1.85. The molecule has 0 unspecified atom stereocenters. The Morgan fingerprint density at radius 1 is 1.12 bits per heavy atom. The van der Waals surface area contributed by atoms with Crippen molar-refractivity contribution in [2.75, 3.05) is 0 Å². The average Bonchev–Trinajstić information content (AvgIpc) is 2.75. The van der Waals surface area contributed by atoms with Gasteiger partial charge in [0.05, 0.1) is 10.4 Å². The maximum atomic E-state index is 9.04. The monoisotopic (exact) mass is 311 g/mol. The summed E-state index contributed by atoms with van der Waals surface area (Å²) in [5.74, 6) is 0. The van der Waals surface area contributed by atoms with Gasteiger partial charge < -0.3 is 10.4 Å². The van der Waals surface area contributed by atoms with Gasteiger partial charge in [0.2, 0.25) is 0 Å². The van der Waals surface area contributed by atoms with Gasteiger partial charge in [-0.3, -0.25) is 0 Å². The number of benzene rings is 1. The fourth-order valence-corrected chi connectivity index (χ4v) is 2.84. The number of hydrogen-bond donors (Lipinski definition) is 2. The lowest BCUT2D eigenvalue weighted by Crippen LogP contribution is -2.12. The smallest absolute Gasteiger partial charge is 0.0701 e. The number of hydrogen-bond acceptors (Lipinski definition) is 3. The Morgan fingerprint density at radius 2 is 1.88 bits per heavy atom. The first-order valence-corrected chi connectivity index (χ1v) is 7.07. The summed E-state index contributed by atoms with van der Waals surface area (Å²) >= 11 is 5.15. The van der Waals surface area contributed by atoms with Crippen LogP contribution in [-0.4, -0.2) is 5.11 Å². The number of halogens is 1. The number of rotatable bonds is 5. The number of nitrogens with one attached hydrogen (secondary N) is 1. The minimum atomic E-state index is 0.102. The second-order valence-corrected chi connectivity index (χ2v) is 6.13. The van der Waals surface area contributed by atoms with Crippen LogP contribution in [0.4, 0.5) is 0 Å². The third kappa shape index (κ3) is 3.92. The molecule has 1 aromatic heterocycles. The largest absolute Gasteiger partial charge is 0.392 e. The molecule has 0 spiro atoms. The van der Waals surface area contributed by atoms with Crippen molar-refractivity contribution in [3.05, 3.63) is 56.2 Å². The van der Waals surface area contributed by atoms with E-state index < -0.39 is 0 Å². The molecule has 1 heterocycles. The van der Waals surface area contributed by atoms with Crippen LogP contribution in [-0.2, 0) is 19.7 Å². The molecule has 0 fully saturated rings. The summed E-state index contributed by atoms with van der Waals surface area (Å²) in [6.45, 7) is 1.79. The highest BCUT2D eigenvalue weighted by atomic mass is 79.9. The van der Waals surface area contributed by atoms with Crippen LogP contribution in [0.3, 0.4) is 0 Å². The molecule has 17 heavy (non-hydrogen) atoms. The van der Waals surface area contributed by atoms with Gasteiger partial charge in [0.1, 0.15) is 0 Å². The minimum Gasteiger partial charge on any atom is -0.392 e. The van der Waals surface area contributed by atoms with E-state index in [9.17, 15) is 0 Å². The Labute approximate surface area is 113 Å². The minimum absolute atomic E-state index is 0.102. The molecule has 2 nitrogen and oxygen atoms in total. The van der Waals surface area contributed by atoms with Gasteiger partial charge in [-0.25, -0.2) is 0 Å². The molecular formula is C13H14BrNOS. The molecule has 0 aliphatic heterocycles. The van der Waals surface area contributed by atoms with Gasteiger partial charge in [-0.2, -0.15) is 0 Å². The van der Waals surface area contributed by atoms with E-state index in [0.29, 0.717) is 0 Å². The van der Waals surface area contributed by atoms with E-state index in [1.807, 2.05) is 18.2 Å². The van der Waals surface area contributed by atoms with Crippen LogP contribution in [0.2, 0.25) is 0 Å². The van der Waals surface area contributed by atoms with E-state index in [0.717, 1.165) is 22.4 Å². The van der Waals surface area contributed by atoms with Gasteiger partial charge in [-0.1, -0.05) is 24.3 Å². The first-order valence-electron chi connectivity index (χ1n) is 5.40. The number of aliphatic hydroxyl groups is 1. The van der Waals surface area contributed by atoms with Gasteiger partial charge in [0.25, 0.3) is 0 Å². The van der Waals surface area contributed by atoms with Crippen molar-refractivity contribution in [3.63, 3.8) is 0 Å². The molecule has 0 saturated carbocycles. The molecule has 0 atom stereocenters. The molecule has 2 rings (SSSR count). The Bertz CT molecular complexity index is 484. The molecule has 1 aromatic carbocycles. The zero-order chi connectivity index (χ0) is 12.1. The number of aliphatic hydroxyl groups excluding tert-OH is 1. The van der Waals surface area contributed by atoms with E-state index in [1.165, 1.54) is 11.1 Å². The normalized spacial score (nSPS) is 10.7. The van der Waals surface area contributed by atoms with Gasteiger partial charge in [0.15, 0.2) is 0 Å². The first kappa shape index (κ1) is 12.8. The van der Waals surface area contributed by atoms with E-state index in [4.69, 9.17) is 5.11 Å². The quantitative estimate of drug-likeness (QED) is 0.888. The van der Waals surface area contributed by atoms with Crippen molar-refractivity contribution in [2.45, 2.75) is 19.7 Å². The van der Waals surface area contributed by atoms with Crippen molar-refractivity contribution in [2.24, 2.45) is 0 Å². The molecule has 2 N–H and O–H groups in total. The van der Waals surface area contributed by atoms with Crippen LogP contribution in [0.15, 0.2) is 39.5 Å². The van der Waals surface area contributed by atoms with Crippen molar-refractivity contribution in [3.8, 4) is 0 Å². The van der Waals surface area contributed by atoms with E-state index >= 15 is 0 Å². The van der Waals surface area contributed by atoms with Gasteiger partial charge in [0, 0.05) is 13.1 Å². The lowest BCUT2D eigenvalue weighted by Gasteiger charge is -2.05. The van der Waals surface area contributed by atoms with Gasteiger partial charge in [-0.15, -0.1) is 11.3 Å². The topological polar surface area (TPSA) is 32.3 Å². The summed E-state index contributed by atoms with van der Waals surface area (Å²) in [6.07, 6.45) is 0. The summed E-state index contributed by atoms with van der Waals surface area (Å²) in [5, 5.41) is 14.6. The SMILES string of the molecule is OCc1cccc(CNCc2csc(Br)c2)c1. The zero-order valence-electron chi connectivity index (χ0n) is 9.32. The molecule has 0 aliphatic rings. The second kappa shape index (κ2) is 6.31. The predicted molar refractivity (Wildman–Crippen MR) is 74.9 cm³/mol. The highest BCUT2D eigenvalue weighted by Crippen LogP contribution is 2.20. The maximum Gasteiger partial charge on any atom is 0.0701 e. The highest BCUT2D eigenvalue weighted by Gasteiger charge is 1.98. The van der Waals surface area contributed by atoms with Gasteiger partial charge in [-0.05, 0) is 44.1 Å². The average molecular weight is 312 g/mol. The fraction of sp³-hybridized carbons (Fsp3) is 0.231. The highest BCUT2D eigenvalue weighted by molar-refractivity contribution is 9.11. The van der Waals surface area contributed by atoms with Crippen LogP contribution in [0.1, 0.15) is 16.7 Å². The Hall–Kier alpha value is -0.680. The predicted octanol–water partition coefficient (Wildman–Crippen LogP) is 3.29. The van der Waals surface area contributed by atoms with Crippen molar-refractivity contribution in [1.29, 1.82) is 0 Å². The Kier molecular flexibility index (Phi) is 4.74. The summed E-state index contributed by atoms with van der Waals surface area (Å²) < 4.78 is 1.16. The maximum absolute atomic E-state index is 9.04. The Morgan fingerprint density at radius 3 is 2.59 bits per heavy atom. The standard InChI is InChI=1S/C13H14BrNOS/c14-13-5-12(9-17-13)7-15-6-10-2-1-3-11(4-10)8-16/h1-5,9,15-16H,6-8H2. The molecule has 0 amide bonds. The third-order valence-corrected chi connectivity index (χ3v) is 4.01. The molecule has 0 saturated heterocycles. The lowest BCUT2D eigenvalue weighted by molar-refractivity contribution is 0.281. The lowest BCUT2D eigenvalue weighted by atomic mass is 10.1. The summed E-state index contributed by atoms with van der Waals surface area (Å²) in [4.78, 5) is 0. The molecule has 0 aliphatic carbocycles. The molecule has 90 valence electrons. The zero-order valence-corrected chi connectivity index (χ0v) is 11.7. The molecule has 2 aromatic rings.